The molecule has 0 aliphatic carbocycles. The number of hydrogen-bond donors (Lipinski definition) is 0. The van der Waals surface area contributed by atoms with E-state index in [1.54, 1.807) is 28.4 Å². The van der Waals surface area contributed by atoms with Gasteiger partial charge in [-0.1, -0.05) is 161 Å². The monoisotopic (exact) mass is 1020 g/mol. The fourth-order valence-electron chi connectivity index (χ4n) is 8.34. The van der Waals surface area contributed by atoms with Crippen molar-refractivity contribution in [1.29, 1.82) is 0 Å². The van der Waals surface area contributed by atoms with Gasteiger partial charge in [0.05, 0.1) is 28.4 Å². The van der Waals surface area contributed by atoms with Crippen LogP contribution >= 0.6 is 63.7 Å². The highest BCUT2D eigenvalue weighted by atomic mass is 79.9. The summed E-state index contributed by atoms with van der Waals surface area (Å²) in [4.78, 5) is 0. The normalized spacial score (nSPS) is 11.2. The predicted molar refractivity (Wildman–Crippen MR) is 258 cm³/mol. The van der Waals surface area contributed by atoms with Gasteiger partial charge in [-0.15, -0.1) is 0 Å². The Morgan fingerprint density at radius 3 is 0.724 bits per heavy atom. The van der Waals surface area contributed by atoms with Gasteiger partial charge in [0, 0.05) is 78.7 Å². The first-order chi connectivity index (χ1) is 28.4. The number of rotatable bonds is 12. The highest BCUT2D eigenvalue weighted by Gasteiger charge is 2.21. The largest absolute Gasteiger partial charge is 0.496 e. The van der Waals surface area contributed by atoms with Crippen LogP contribution in [0.1, 0.15) is 44.5 Å². The van der Waals surface area contributed by atoms with Crippen LogP contribution in [0.15, 0.2) is 121 Å². The third kappa shape index (κ3) is 8.23. The maximum atomic E-state index is 5.91. The van der Waals surface area contributed by atoms with E-state index in [-0.39, 0.29) is 0 Å². The Labute approximate surface area is 374 Å². The number of fused-ring (bicyclic) bond motifs is 4. The summed E-state index contributed by atoms with van der Waals surface area (Å²) in [7, 11) is 7.02. The van der Waals surface area contributed by atoms with Crippen molar-refractivity contribution in [2.45, 2.75) is 34.2 Å². The molecule has 0 radical (unpaired) electrons. The van der Waals surface area contributed by atoms with E-state index in [9.17, 15) is 0 Å². The Hall–Kier alpha value is -4.08. The van der Waals surface area contributed by atoms with Gasteiger partial charge in [0.2, 0.25) is 0 Å². The standard InChI is InChI=1S/2C25H22Br2O2/c2*1-28-24-18(14-26)11-16-7-3-5-9-20(16)22(24)13-23-21-10-6-4-8-17(21)12-19(15-27)25(23)29-2/h2*3-12H,13-15H2,1-2H3. The Balaban J connectivity index is 0.000000177. The minimum absolute atomic E-state index is 0.731. The Bertz CT molecular complexity index is 2370. The van der Waals surface area contributed by atoms with E-state index >= 15 is 0 Å². The average molecular weight is 1030 g/mol. The molecule has 8 rings (SSSR count). The fourth-order valence-corrected chi connectivity index (χ4v) is 10.0. The Kier molecular flexibility index (Phi) is 14.0. The molecule has 0 bridgehead atoms. The molecule has 58 heavy (non-hydrogen) atoms. The van der Waals surface area contributed by atoms with Crippen molar-refractivity contribution in [3.63, 3.8) is 0 Å². The molecule has 8 aromatic rings. The van der Waals surface area contributed by atoms with Gasteiger partial charge in [-0.2, -0.15) is 0 Å². The van der Waals surface area contributed by atoms with Crippen LogP contribution in [0.4, 0.5) is 0 Å². The van der Waals surface area contributed by atoms with E-state index in [0.717, 1.165) is 79.4 Å². The molecule has 0 aliphatic rings. The molecule has 296 valence electrons. The molecule has 4 nitrogen and oxygen atoms in total. The maximum Gasteiger partial charge on any atom is 0.127 e. The molecular weight excluding hydrogens is 984 g/mol. The highest BCUT2D eigenvalue weighted by Crippen LogP contribution is 2.42. The molecule has 0 aliphatic heterocycles. The van der Waals surface area contributed by atoms with E-state index < -0.39 is 0 Å². The summed E-state index contributed by atoms with van der Waals surface area (Å²) in [5.41, 5.74) is 9.38. The molecule has 0 fully saturated rings. The van der Waals surface area contributed by atoms with Crippen molar-refractivity contribution < 1.29 is 18.9 Å². The summed E-state index contributed by atoms with van der Waals surface area (Å²) in [6.07, 6.45) is 1.46. The van der Waals surface area contributed by atoms with Crippen LogP contribution < -0.4 is 18.9 Å². The third-order valence-corrected chi connectivity index (χ3v) is 13.2. The molecule has 8 heteroatoms. The van der Waals surface area contributed by atoms with E-state index in [2.05, 4.69) is 185 Å². The van der Waals surface area contributed by atoms with Crippen molar-refractivity contribution >= 4 is 107 Å². The minimum atomic E-state index is 0.731. The van der Waals surface area contributed by atoms with Crippen LogP contribution in [0, 0.1) is 0 Å². The van der Waals surface area contributed by atoms with Gasteiger partial charge in [-0.3, -0.25) is 0 Å². The summed E-state index contributed by atoms with van der Waals surface area (Å²) in [5, 5.41) is 12.7. The van der Waals surface area contributed by atoms with Crippen molar-refractivity contribution in [2.24, 2.45) is 0 Å². The second-order valence-corrected chi connectivity index (χ2v) is 16.2. The summed E-state index contributed by atoms with van der Waals surface area (Å²) in [6.45, 7) is 0. The lowest BCUT2D eigenvalue weighted by molar-refractivity contribution is 0.403. The maximum absolute atomic E-state index is 5.91. The molecule has 0 saturated heterocycles. The van der Waals surface area contributed by atoms with Crippen LogP contribution in [-0.2, 0) is 34.2 Å². The van der Waals surface area contributed by atoms with Crippen LogP contribution in [0.3, 0.4) is 0 Å². The lowest BCUT2D eigenvalue weighted by Gasteiger charge is -2.20. The molecular formula is C50H44Br4O4. The SMILES string of the molecule is COc1c(CBr)cc2ccccc2c1Cc1c(OC)c(CBr)cc2ccccc12.COc1c(CBr)cc2ccccc2c1Cc1c(OC)c(CBr)cc2ccccc12. The van der Waals surface area contributed by atoms with Gasteiger partial charge < -0.3 is 18.9 Å². The first-order valence-electron chi connectivity index (χ1n) is 19.0. The molecule has 8 aromatic carbocycles. The van der Waals surface area contributed by atoms with Crippen LogP contribution in [0.5, 0.6) is 23.0 Å². The molecule has 0 heterocycles. The number of ether oxygens (including phenoxy) is 4. The van der Waals surface area contributed by atoms with Crippen molar-refractivity contribution in [3.05, 3.63) is 166 Å². The van der Waals surface area contributed by atoms with Gasteiger partial charge >= 0.3 is 0 Å². The topological polar surface area (TPSA) is 36.9 Å². The molecule has 0 unspecified atom stereocenters. The van der Waals surface area contributed by atoms with E-state index in [1.807, 2.05) is 0 Å². The zero-order valence-electron chi connectivity index (χ0n) is 32.9. The smallest absolute Gasteiger partial charge is 0.127 e. The Morgan fingerprint density at radius 2 is 0.534 bits per heavy atom. The predicted octanol–water partition coefficient (Wildman–Crippen LogP) is 14.8. The van der Waals surface area contributed by atoms with Crippen molar-refractivity contribution in [3.8, 4) is 23.0 Å². The van der Waals surface area contributed by atoms with Gasteiger partial charge in [0.15, 0.2) is 0 Å². The summed E-state index contributed by atoms with van der Waals surface area (Å²) >= 11 is 14.5. The molecule has 0 amide bonds. The van der Waals surface area contributed by atoms with Gasteiger partial charge in [-0.25, -0.2) is 0 Å². The molecule has 0 atom stereocenters. The fraction of sp³-hybridized carbons (Fsp3) is 0.200. The number of benzene rings is 8. The van der Waals surface area contributed by atoms with Gasteiger partial charge in [-0.05, 0) is 67.4 Å². The number of hydrogen-bond acceptors (Lipinski definition) is 4. The Morgan fingerprint density at radius 1 is 0.328 bits per heavy atom. The van der Waals surface area contributed by atoms with Crippen LogP contribution in [0.25, 0.3) is 43.1 Å². The number of halogens is 4. The molecule has 0 N–H and O–H groups in total. The van der Waals surface area contributed by atoms with Crippen LogP contribution in [-0.4, -0.2) is 28.4 Å². The first kappa shape index (κ1) is 42.1. The third-order valence-electron chi connectivity index (χ3n) is 10.8. The first-order valence-corrected chi connectivity index (χ1v) is 23.5. The van der Waals surface area contributed by atoms with Crippen molar-refractivity contribution in [1.82, 2.24) is 0 Å². The van der Waals surface area contributed by atoms with Crippen LogP contribution in [0.2, 0.25) is 0 Å². The lowest BCUT2D eigenvalue weighted by atomic mass is 9.91. The van der Waals surface area contributed by atoms with Gasteiger partial charge in [0.1, 0.15) is 23.0 Å². The second kappa shape index (κ2) is 19.3. The summed E-state index contributed by atoms with van der Waals surface area (Å²) in [5.74, 6) is 3.76. The molecule has 0 aromatic heterocycles. The molecule has 0 saturated carbocycles. The highest BCUT2D eigenvalue weighted by molar-refractivity contribution is 9.09. The zero-order valence-corrected chi connectivity index (χ0v) is 39.3. The average Bonchev–Trinajstić information content (AvgIpc) is 3.28. The van der Waals surface area contributed by atoms with E-state index in [0.29, 0.717) is 0 Å². The quantitative estimate of drug-likeness (QED) is 0.114. The number of methoxy groups -OCH3 is 4. The minimum Gasteiger partial charge on any atom is -0.496 e. The summed E-state index contributed by atoms with van der Waals surface area (Å²) in [6, 6.07) is 42.8. The van der Waals surface area contributed by atoms with Crippen molar-refractivity contribution in [2.75, 3.05) is 28.4 Å². The van der Waals surface area contributed by atoms with E-state index in [1.165, 1.54) is 65.3 Å². The lowest BCUT2D eigenvalue weighted by Crippen LogP contribution is -2.03. The summed E-state index contributed by atoms with van der Waals surface area (Å²) < 4.78 is 23.6. The zero-order chi connectivity index (χ0) is 40.8. The van der Waals surface area contributed by atoms with E-state index in [4.69, 9.17) is 18.9 Å². The molecule has 0 spiro atoms. The van der Waals surface area contributed by atoms with Gasteiger partial charge in [0.25, 0.3) is 0 Å². The number of alkyl halides is 4. The second-order valence-electron chi connectivity index (χ2n) is 14.0.